The summed E-state index contributed by atoms with van der Waals surface area (Å²) < 4.78 is 0. The quantitative estimate of drug-likeness (QED) is 0.824. The van der Waals surface area contributed by atoms with Crippen molar-refractivity contribution in [1.82, 2.24) is 0 Å². The summed E-state index contributed by atoms with van der Waals surface area (Å²) in [5.74, 6) is -0.0793. The maximum Gasteiger partial charge on any atom is 0.304 e. The highest BCUT2D eigenvalue weighted by atomic mass is 32.2. The molecule has 0 spiro atoms. The Labute approximate surface area is 126 Å². The van der Waals surface area contributed by atoms with E-state index in [0.29, 0.717) is 5.75 Å². The van der Waals surface area contributed by atoms with Gasteiger partial charge in [-0.25, -0.2) is 0 Å². The van der Waals surface area contributed by atoms with E-state index in [2.05, 4.69) is 45.9 Å². The molecule has 0 fully saturated rings. The molecule has 110 valence electrons. The van der Waals surface area contributed by atoms with E-state index in [-0.39, 0.29) is 17.3 Å². The van der Waals surface area contributed by atoms with E-state index >= 15 is 0 Å². The average molecular weight is 292 g/mol. The van der Waals surface area contributed by atoms with Crippen LogP contribution in [0.25, 0.3) is 0 Å². The van der Waals surface area contributed by atoms with Gasteiger partial charge in [0.2, 0.25) is 0 Å². The second kappa shape index (κ2) is 5.44. The Morgan fingerprint density at radius 3 is 2.50 bits per heavy atom. The summed E-state index contributed by atoms with van der Waals surface area (Å²) in [6.07, 6.45) is 2.61. The Morgan fingerprint density at radius 2 is 1.85 bits per heavy atom. The predicted octanol–water partition coefficient (Wildman–Crippen LogP) is 4.60. The van der Waals surface area contributed by atoms with Crippen LogP contribution in [-0.2, 0) is 15.6 Å². The Morgan fingerprint density at radius 1 is 1.20 bits per heavy atom. The summed E-state index contributed by atoms with van der Waals surface area (Å²) in [6, 6.07) is 6.51. The molecule has 0 heterocycles. The third kappa shape index (κ3) is 3.03. The number of fused-ring (bicyclic) bond motifs is 1. The minimum absolute atomic E-state index is 0.178. The van der Waals surface area contributed by atoms with Gasteiger partial charge in [-0.1, -0.05) is 39.8 Å². The second-order valence-corrected chi connectivity index (χ2v) is 8.08. The summed E-state index contributed by atoms with van der Waals surface area (Å²) in [7, 11) is 0. The van der Waals surface area contributed by atoms with E-state index in [9.17, 15) is 4.79 Å². The fourth-order valence-corrected chi connectivity index (χ4v) is 4.25. The summed E-state index contributed by atoms with van der Waals surface area (Å²) >= 11 is 1.69. The van der Waals surface area contributed by atoms with Crippen molar-refractivity contribution in [3.63, 3.8) is 0 Å². The Bertz CT molecular complexity index is 518. The van der Waals surface area contributed by atoms with Crippen LogP contribution in [0.4, 0.5) is 0 Å². The topological polar surface area (TPSA) is 37.3 Å². The summed E-state index contributed by atoms with van der Waals surface area (Å²) in [6.45, 7) is 9.24. The SMILES string of the molecule is CC1(C)CCC(C)(C)c2c(SCCC(=O)O)cccc21. The molecule has 1 N–H and O–H groups in total. The van der Waals surface area contributed by atoms with Crippen LogP contribution in [0.5, 0.6) is 0 Å². The normalized spacial score (nSPS) is 19.4. The molecule has 1 aromatic carbocycles. The molecule has 0 amide bonds. The number of benzene rings is 1. The van der Waals surface area contributed by atoms with E-state index in [1.54, 1.807) is 11.8 Å². The zero-order valence-electron chi connectivity index (χ0n) is 12.8. The van der Waals surface area contributed by atoms with Gasteiger partial charge in [-0.05, 0) is 40.9 Å². The Balaban J connectivity index is 2.37. The summed E-state index contributed by atoms with van der Waals surface area (Å²) in [4.78, 5) is 12.0. The molecule has 0 aromatic heterocycles. The first kappa shape index (κ1) is 15.4. The van der Waals surface area contributed by atoms with Crippen molar-refractivity contribution in [3.05, 3.63) is 29.3 Å². The molecule has 1 aliphatic rings. The molecule has 0 atom stereocenters. The van der Waals surface area contributed by atoms with Crippen LogP contribution in [0, 0.1) is 0 Å². The van der Waals surface area contributed by atoms with E-state index in [1.165, 1.54) is 28.9 Å². The lowest BCUT2D eigenvalue weighted by Gasteiger charge is -2.42. The molecule has 2 rings (SSSR count). The summed E-state index contributed by atoms with van der Waals surface area (Å²) in [5, 5.41) is 8.80. The van der Waals surface area contributed by atoms with Crippen LogP contribution in [0.3, 0.4) is 0 Å². The molecule has 0 saturated carbocycles. The average Bonchev–Trinajstić information content (AvgIpc) is 2.35. The third-order valence-corrected chi connectivity index (χ3v) is 5.44. The van der Waals surface area contributed by atoms with Gasteiger partial charge in [-0.3, -0.25) is 4.79 Å². The van der Waals surface area contributed by atoms with Crippen LogP contribution < -0.4 is 0 Å². The van der Waals surface area contributed by atoms with Gasteiger partial charge in [0.25, 0.3) is 0 Å². The molecular weight excluding hydrogens is 268 g/mol. The zero-order valence-corrected chi connectivity index (χ0v) is 13.6. The third-order valence-electron chi connectivity index (χ3n) is 4.38. The number of carboxylic acids is 1. The highest BCUT2D eigenvalue weighted by molar-refractivity contribution is 7.99. The minimum Gasteiger partial charge on any atom is -0.481 e. The van der Waals surface area contributed by atoms with Crippen LogP contribution in [0.15, 0.2) is 23.1 Å². The van der Waals surface area contributed by atoms with E-state index in [1.807, 2.05) is 0 Å². The van der Waals surface area contributed by atoms with Gasteiger partial charge in [-0.15, -0.1) is 11.8 Å². The molecule has 0 unspecified atom stereocenters. The van der Waals surface area contributed by atoms with Crippen LogP contribution in [0.1, 0.15) is 58.1 Å². The largest absolute Gasteiger partial charge is 0.481 e. The van der Waals surface area contributed by atoms with Gasteiger partial charge in [0.15, 0.2) is 0 Å². The van der Waals surface area contributed by atoms with Crippen LogP contribution in [-0.4, -0.2) is 16.8 Å². The van der Waals surface area contributed by atoms with E-state index < -0.39 is 5.97 Å². The fourth-order valence-electron chi connectivity index (χ4n) is 3.05. The second-order valence-electron chi connectivity index (χ2n) is 6.94. The molecular formula is C17H24O2S. The highest BCUT2D eigenvalue weighted by Crippen LogP contribution is 2.48. The molecule has 0 aliphatic heterocycles. The molecule has 0 bridgehead atoms. The van der Waals surface area contributed by atoms with Gasteiger partial charge in [0, 0.05) is 10.6 Å². The van der Waals surface area contributed by atoms with E-state index in [4.69, 9.17) is 5.11 Å². The first-order valence-electron chi connectivity index (χ1n) is 7.23. The Hall–Kier alpha value is -0.960. The molecule has 1 aliphatic carbocycles. The maximum atomic E-state index is 10.7. The van der Waals surface area contributed by atoms with Crippen LogP contribution in [0.2, 0.25) is 0 Å². The number of carboxylic acid groups (broad SMARTS) is 1. The van der Waals surface area contributed by atoms with Crippen molar-refractivity contribution >= 4 is 17.7 Å². The summed E-state index contributed by atoms with van der Waals surface area (Å²) in [5.41, 5.74) is 3.27. The van der Waals surface area contributed by atoms with Gasteiger partial charge < -0.3 is 5.11 Å². The lowest BCUT2D eigenvalue weighted by molar-refractivity contribution is -0.136. The standard InChI is InChI=1S/C17H24O2S/c1-16(2)9-10-17(3,4)15-12(16)6-5-7-13(15)20-11-8-14(18)19/h5-7H,8-11H2,1-4H3,(H,18,19). The molecule has 0 saturated heterocycles. The molecule has 20 heavy (non-hydrogen) atoms. The van der Waals surface area contributed by atoms with Gasteiger partial charge in [-0.2, -0.15) is 0 Å². The van der Waals surface area contributed by atoms with Crippen LogP contribution >= 0.6 is 11.8 Å². The van der Waals surface area contributed by atoms with Gasteiger partial charge >= 0.3 is 5.97 Å². The van der Waals surface area contributed by atoms with Crippen molar-refractivity contribution in [1.29, 1.82) is 0 Å². The smallest absolute Gasteiger partial charge is 0.304 e. The number of aliphatic carboxylic acids is 1. The Kier molecular flexibility index (Phi) is 4.19. The number of rotatable bonds is 4. The monoisotopic (exact) mass is 292 g/mol. The number of hydrogen-bond donors (Lipinski definition) is 1. The highest BCUT2D eigenvalue weighted by Gasteiger charge is 2.38. The first-order chi connectivity index (χ1) is 9.24. The molecule has 0 radical (unpaired) electrons. The van der Waals surface area contributed by atoms with Gasteiger partial charge in [0.1, 0.15) is 0 Å². The molecule has 1 aromatic rings. The maximum absolute atomic E-state index is 10.7. The minimum atomic E-state index is -0.720. The fraction of sp³-hybridized carbons (Fsp3) is 0.588. The van der Waals surface area contributed by atoms with Gasteiger partial charge in [0.05, 0.1) is 6.42 Å². The van der Waals surface area contributed by atoms with Crippen molar-refractivity contribution in [2.45, 2.75) is 62.7 Å². The zero-order chi connectivity index (χ0) is 15.0. The molecule has 2 nitrogen and oxygen atoms in total. The number of carbonyl (C=O) groups is 1. The van der Waals surface area contributed by atoms with Crippen molar-refractivity contribution in [2.75, 3.05) is 5.75 Å². The van der Waals surface area contributed by atoms with Crippen molar-refractivity contribution in [2.24, 2.45) is 0 Å². The van der Waals surface area contributed by atoms with Crippen molar-refractivity contribution < 1.29 is 9.90 Å². The number of thioether (sulfide) groups is 1. The lowest BCUT2D eigenvalue weighted by atomic mass is 9.63. The first-order valence-corrected chi connectivity index (χ1v) is 8.21. The molecule has 3 heteroatoms. The van der Waals surface area contributed by atoms with E-state index in [0.717, 1.165) is 0 Å². The lowest BCUT2D eigenvalue weighted by Crippen LogP contribution is -2.34. The van der Waals surface area contributed by atoms with Crippen molar-refractivity contribution in [3.8, 4) is 0 Å². The predicted molar refractivity (Wildman–Crippen MR) is 84.7 cm³/mol. The number of hydrogen-bond acceptors (Lipinski definition) is 2.